The second-order valence-corrected chi connectivity index (χ2v) is 9.33. The topological polar surface area (TPSA) is 0 Å². The number of rotatable bonds is 2. The molecule has 0 heterocycles. The number of aryl methyl sites for hydroxylation is 3. The monoisotopic (exact) mass is 366 g/mol. The Balaban J connectivity index is 1.78. The Morgan fingerprint density at radius 2 is 1.43 bits per heavy atom. The molecule has 0 spiro atoms. The molecule has 0 N–H and O–H groups in total. The molecule has 0 radical (unpaired) electrons. The van der Waals surface area contributed by atoms with Crippen LogP contribution in [-0.4, -0.2) is 0 Å². The zero-order chi connectivity index (χ0) is 20.1. The molecule has 0 saturated heterocycles. The number of fused-ring (bicyclic) bond motifs is 1. The van der Waals surface area contributed by atoms with E-state index in [1.165, 1.54) is 55.6 Å². The third-order valence-corrected chi connectivity index (χ3v) is 5.96. The maximum atomic E-state index is 2.42. The molecule has 0 aliphatic heterocycles. The highest BCUT2D eigenvalue weighted by Gasteiger charge is 2.20. The number of benzene rings is 3. The molecule has 0 amide bonds. The summed E-state index contributed by atoms with van der Waals surface area (Å²) in [6.45, 7) is 13.5. The predicted molar refractivity (Wildman–Crippen MR) is 123 cm³/mol. The van der Waals surface area contributed by atoms with Crippen LogP contribution in [0.15, 0.2) is 54.6 Å². The summed E-state index contributed by atoms with van der Waals surface area (Å²) >= 11 is 0. The van der Waals surface area contributed by atoms with Gasteiger partial charge in [0.05, 0.1) is 0 Å². The van der Waals surface area contributed by atoms with Gasteiger partial charge >= 0.3 is 0 Å². The standard InChI is InChI=1S/C28H30/c1-18-14-19(2)27(20(3)15-18)23-16-22-8-7-9-25(26(22)17-23)21-10-12-24(13-11-21)28(4,5)6/h7-15,17H,16H2,1-6H3. The summed E-state index contributed by atoms with van der Waals surface area (Å²) in [7, 11) is 0. The summed E-state index contributed by atoms with van der Waals surface area (Å²) in [4.78, 5) is 0. The number of hydrogen-bond donors (Lipinski definition) is 0. The van der Waals surface area contributed by atoms with Crippen LogP contribution in [-0.2, 0) is 11.8 Å². The van der Waals surface area contributed by atoms with Gasteiger partial charge in [-0.2, -0.15) is 0 Å². The van der Waals surface area contributed by atoms with Gasteiger partial charge in [0.15, 0.2) is 0 Å². The summed E-state index contributed by atoms with van der Waals surface area (Å²) in [6, 6.07) is 20.5. The van der Waals surface area contributed by atoms with Crippen LogP contribution in [0.1, 0.15) is 59.7 Å². The van der Waals surface area contributed by atoms with Crippen molar-refractivity contribution in [2.24, 2.45) is 0 Å². The minimum Gasteiger partial charge on any atom is -0.0613 e. The summed E-state index contributed by atoms with van der Waals surface area (Å²) in [5.41, 5.74) is 14.0. The number of hydrogen-bond acceptors (Lipinski definition) is 0. The van der Waals surface area contributed by atoms with E-state index in [9.17, 15) is 0 Å². The first-order chi connectivity index (χ1) is 13.2. The van der Waals surface area contributed by atoms with Gasteiger partial charge in [0.25, 0.3) is 0 Å². The first-order valence-corrected chi connectivity index (χ1v) is 10.3. The first kappa shape index (κ1) is 18.7. The van der Waals surface area contributed by atoms with Gasteiger partial charge in [-0.05, 0) is 88.8 Å². The van der Waals surface area contributed by atoms with Crippen molar-refractivity contribution < 1.29 is 0 Å². The summed E-state index contributed by atoms with van der Waals surface area (Å²) in [5, 5.41) is 0. The van der Waals surface area contributed by atoms with E-state index in [1.54, 1.807) is 0 Å². The molecular weight excluding hydrogens is 336 g/mol. The Morgan fingerprint density at radius 3 is 2.04 bits per heavy atom. The lowest BCUT2D eigenvalue weighted by atomic mass is 9.86. The molecule has 0 heteroatoms. The molecule has 0 saturated carbocycles. The summed E-state index contributed by atoms with van der Waals surface area (Å²) in [6.07, 6.45) is 3.45. The van der Waals surface area contributed by atoms with Crippen molar-refractivity contribution in [3.05, 3.63) is 93.5 Å². The van der Waals surface area contributed by atoms with Crippen LogP contribution in [0.5, 0.6) is 0 Å². The summed E-state index contributed by atoms with van der Waals surface area (Å²) < 4.78 is 0. The van der Waals surface area contributed by atoms with E-state index in [1.807, 2.05) is 0 Å². The van der Waals surface area contributed by atoms with E-state index in [4.69, 9.17) is 0 Å². The van der Waals surface area contributed by atoms with Crippen LogP contribution in [0.25, 0.3) is 22.8 Å². The molecule has 0 atom stereocenters. The summed E-state index contributed by atoms with van der Waals surface area (Å²) in [5.74, 6) is 0. The molecule has 3 aromatic carbocycles. The SMILES string of the molecule is Cc1cc(C)c(C2=Cc3c(cccc3-c3ccc(C(C)(C)C)cc3)C2)c(C)c1. The Kier molecular flexibility index (Phi) is 4.54. The third kappa shape index (κ3) is 3.33. The number of allylic oxidation sites excluding steroid dienone is 1. The zero-order valence-corrected chi connectivity index (χ0v) is 18.0. The van der Waals surface area contributed by atoms with Crippen LogP contribution < -0.4 is 0 Å². The van der Waals surface area contributed by atoms with Crippen molar-refractivity contribution in [2.45, 2.75) is 53.4 Å². The van der Waals surface area contributed by atoms with Crippen molar-refractivity contribution in [3.8, 4) is 11.1 Å². The maximum Gasteiger partial charge on any atom is -0.00132 e. The van der Waals surface area contributed by atoms with Crippen LogP contribution in [0.3, 0.4) is 0 Å². The normalized spacial score (nSPS) is 13.4. The molecule has 1 aliphatic rings. The molecule has 28 heavy (non-hydrogen) atoms. The van der Waals surface area contributed by atoms with E-state index in [0.29, 0.717) is 0 Å². The minimum atomic E-state index is 0.185. The largest absolute Gasteiger partial charge is 0.0613 e. The van der Waals surface area contributed by atoms with Crippen molar-refractivity contribution in [3.63, 3.8) is 0 Å². The van der Waals surface area contributed by atoms with Gasteiger partial charge in [-0.15, -0.1) is 0 Å². The highest BCUT2D eigenvalue weighted by atomic mass is 14.2. The van der Waals surface area contributed by atoms with Crippen molar-refractivity contribution in [2.75, 3.05) is 0 Å². The van der Waals surface area contributed by atoms with E-state index < -0.39 is 0 Å². The Morgan fingerprint density at radius 1 is 0.786 bits per heavy atom. The van der Waals surface area contributed by atoms with Crippen molar-refractivity contribution in [1.82, 2.24) is 0 Å². The molecule has 4 rings (SSSR count). The fourth-order valence-electron chi connectivity index (χ4n) is 4.62. The van der Waals surface area contributed by atoms with Crippen LogP contribution >= 0.6 is 0 Å². The van der Waals surface area contributed by atoms with E-state index in [0.717, 1.165) is 6.42 Å². The molecule has 0 fully saturated rings. The molecule has 0 unspecified atom stereocenters. The zero-order valence-electron chi connectivity index (χ0n) is 18.0. The highest BCUT2D eigenvalue weighted by Crippen LogP contribution is 2.40. The lowest BCUT2D eigenvalue weighted by molar-refractivity contribution is 0.590. The van der Waals surface area contributed by atoms with Gasteiger partial charge in [-0.25, -0.2) is 0 Å². The maximum absolute atomic E-state index is 2.42. The molecular formula is C28H30. The Hall–Kier alpha value is -2.60. The Labute approximate surface area is 169 Å². The molecule has 1 aliphatic carbocycles. The van der Waals surface area contributed by atoms with Gasteiger partial charge in [-0.1, -0.05) is 80.9 Å². The van der Waals surface area contributed by atoms with Gasteiger partial charge in [0.1, 0.15) is 0 Å². The van der Waals surface area contributed by atoms with Crippen molar-refractivity contribution >= 4 is 11.6 Å². The quantitative estimate of drug-likeness (QED) is 0.436. The Bertz CT molecular complexity index is 1050. The predicted octanol–water partition coefficient (Wildman–Crippen LogP) is 7.67. The van der Waals surface area contributed by atoms with E-state index >= 15 is 0 Å². The van der Waals surface area contributed by atoms with Gasteiger partial charge in [-0.3, -0.25) is 0 Å². The van der Waals surface area contributed by atoms with Gasteiger partial charge in [0, 0.05) is 0 Å². The average molecular weight is 367 g/mol. The second-order valence-electron chi connectivity index (χ2n) is 9.33. The smallest absolute Gasteiger partial charge is 0.00132 e. The lowest BCUT2D eigenvalue weighted by Crippen LogP contribution is -2.10. The van der Waals surface area contributed by atoms with Gasteiger partial charge in [0.2, 0.25) is 0 Å². The minimum absolute atomic E-state index is 0.185. The third-order valence-electron chi connectivity index (χ3n) is 5.96. The van der Waals surface area contributed by atoms with Crippen LogP contribution in [0.4, 0.5) is 0 Å². The van der Waals surface area contributed by atoms with E-state index in [-0.39, 0.29) is 5.41 Å². The van der Waals surface area contributed by atoms with Crippen LogP contribution in [0.2, 0.25) is 0 Å². The van der Waals surface area contributed by atoms with Gasteiger partial charge < -0.3 is 0 Å². The fraction of sp³-hybridized carbons (Fsp3) is 0.286. The highest BCUT2D eigenvalue weighted by molar-refractivity contribution is 5.95. The second kappa shape index (κ2) is 6.78. The molecule has 0 bridgehead atoms. The molecule has 3 aromatic rings. The van der Waals surface area contributed by atoms with E-state index in [2.05, 4.69) is 102 Å². The first-order valence-electron chi connectivity index (χ1n) is 10.3. The average Bonchev–Trinajstić information content (AvgIpc) is 3.03. The lowest BCUT2D eigenvalue weighted by Gasteiger charge is -2.19. The molecule has 0 aromatic heterocycles. The fourth-order valence-corrected chi connectivity index (χ4v) is 4.62. The molecule has 142 valence electrons. The van der Waals surface area contributed by atoms with Crippen molar-refractivity contribution in [1.29, 1.82) is 0 Å². The molecule has 0 nitrogen and oxygen atoms in total. The van der Waals surface area contributed by atoms with Crippen LogP contribution in [0, 0.1) is 20.8 Å².